The fourth-order valence-corrected chi connectivity index (χ4v) is 2.35. The minimum atomic E-state index is -2.90. The molecule has 0 saturated carbocycles. The number of aliphatic imine (C=N–C) groups is 1. The normalized spacial score (nSPS) is 13.1. The highest BCUT2D eigenvalue weighted by molar-refractivity contribution is 14.0. The number of hydrogen-bond acceptors (Lipinski definition) is 3. The molecule has 0 aromatic heterocycles. The van der Waals surface area contributed by atoms with Crippen LogP contribution in [0.5, 0.6) is 0 Å². The second kappa shape index (κ2) is 9.81. The molecule has 0 atom stereocenters. The van der Waals surface area contributed by atoms with Gasteiger partial charge in [-0.2, -0.15) is 0 Å². The molecule has 2 N–H and O–H groups in total. The Bertz CT molecular complexity index is 392. The molecule has 0 fully saturated rings. The van der Waals surface area contributed by atoms with Gasteiger partial charge in [0, 0.05) is 25.4 Å². The Balaban J connectivity index is 0. The monoisotopic (exact) mass is 419 g/mol. The molecule has 0 bridgehead atoms. The molecule has 0 radical (unpaired) electrons. The molecule has 0 spiro atoms. The van der Waals surface area contributed by atoms with E-state index in [2.05, 4.69) is 29.5 Å². The minimum Gasteiger partial charge on any atom is -0.357 e. The van der Waals surface area contributed by atoms with Gasteiger partial charge in [-0.15, -0.1) is 24.0 Å². The van der Waals surface area contributed by atoms with Gasteiger partial charge in [-0.05, 0) is 32.6 Å². The number of nitrogens with one attached hydrogen (secondary N) is 2. The molecular weight excluding hydrogens is 389 g/mol. The van der Waals surface area contributed by atoms with E-state index in [1.807, 2.05) is 20.8 Å². The average Bonchev–Trinajstić information content (AvgIpc) is 2.22. The maximum Gasteiger partial charge on any atom is 0.191 e. The predicted octanol–water partition coefficient (Wildman–Crippen LogP) is 2.03. The van der Waals surface area contributed by atoms with Crippen LogP contribution in [0.2, 0.25) is 0 Å². The Kier molecular flexibility index (Phi) is 10.9. The summed E-state index contributed by atoms with van der Waals surface area (Å²) in [7, 11) is -2.90. The first kappa shape index (κ1) is 22.2. The van der Waals surface area contributed by atoms with Crippen molar-refractivity contribution >= 4 is 39.8 Å². The van der Waals surface area contributed by atoms with Gasteiger partial charge in [0.2, 0.25) is 0 Å². The van der Waals surface area contributed by atoms with Crippen LogP contribution in [-0.2, 0) is 9.84 Å². The molecule has 0 heterocycles. The van der Waals surface area contributed by atoms with Gasteiger partial charge in [-0.1, -0.05) is 13.8 Å². The molecule has 0 aliphatic rings. The third-order valence-electron chi connectivity index (χ3n) is 2.58. The molecule has 0 aliphatic carbocycles. The summed E-state index contributed by atoms with van der Waals surface area (Å²) in [6.07, 6.45) is 1.90. The van der Waals surface area contributed by atoms with Crippen molar-refractivity contribution in [3.05, 3.63) is 0 Å². The zero-order chi connectivity index (χ0) is 15.1. The molecule has 0 aromatic rings. The first-order chi connectivity index (χ1) is 8.56. The lowest BCUT2D eigenvalue weighted by molar-refractivity contribution is 0.365. The Morgan fingerprint density at radius 2 is 1.85 bits per heavy atom. The van der Waals surface area contributed by atoms with Crippen molar-refractivity contribution in [2.75, 3.05) is 25.1 Å². The van der Waals surface area contributed by atoms with Gasteiger partial charge in [-0.3, -0.25) is 4.99 Å². The highest BCUT2D eigenvalue weighted by atomic mass is 127. The molecule has 0 unspecified atom stereocenters. The van der Waals surface area contributed by atoms with E-state index in [1.54, 1.807) is 0 Å². The third-order valence-corrected chi connectivity index (χ3v) is 3.53. The Labute approximate surface area is 141 Å². The molecule has 20 heavy (non-hydrogen) atoms. The van der Waals surface area contributed by atoms with Crippen molar-refractivity contribution in [2.45, 2.75) is 47.1 Å². The highest BCUT2D eigenvalue weighted by Gasteiger charge is 2.20. The summed E-state index contributed by atoms with van der Waals surface area (Å²) in [5, 5.41) is 6.43. The summed E-state index contributed by atoms with van der Waals surface area (Å²) >= 11 is 0. The van der Waals surface area contributed by atoms with E-state index < -0.39 is 9.84 Å². The second-order valence-corrected chi connectivity index (χ2v) is 8.30. The second-order valence-electron chi connectivity index (χ2n) is 6.04. The minimum absolute atomic E-state index is 0. The highest BCUT2D eigenvalue weighted by Crippen LogP contribution is 2.21. The summed E-state index contributed by atoms with van der Waals surface area (Å²) in [6.45, 7) is 11.6. The van der Waals surface area contributed by atoms with Gasteiger partial charge in [0.1, 0.15) is 9.84 Å². The molecule has 0 saturated heterocycles. The lowest BCUT2D eigenvalue weighted by atomic mass is 9.90. The van der Waals surface area contributed by atoms with Crippen molar-refractivity contribution in [1.82, 2.24) is 10.6 Å². The van der Waals surface area contributed by atoms with Crippen LogP contribution < -0.4 is 10.6 Å². The largest absolute Gasteiger partial charge is 0.357 e. The molecular formula is C13H30IN3O2S. The standard InChI is InChI=1S/C13H29N3O2S.HI/c1-7-14-12(16-11(2)3)15-10-13(4,5)8-9-19(6,17)18;/h11H,7-10H2,1-6H3,(H2,14,15,16);1H. The number of halogens is 1. The summed E-state index contributed by atoms with van der Waals surface area (Å²) in [5.41, 5.74) is -0.123. The van der Waals surface area contributed by atoms with Gasteiger partial charge in [-0.25, -0.2) is 8.42 Å². The number of nitrogens with zero attached hydrogens (tertiary/aromatic N) is 1. The van der Waals surface area contributed by atoms with Gasteiger partial charge < -0.3 is 10.6 Å². The first-order valence-electron chi connectivity index (χ1n) is 6.78. The number of hydrogen-bond donors (Lipinski definition) is 2. The molecule has 122 valence electrons. The van der Waals surface area contributed by atoms with E-state index in [9.17, 15) is 8.42 Å². The molecule has 7 heteroatoms. The van der Waals surface area contributed by atoms with Crippen LogP contribution in [0, 0.1) is 5.41 Å². The van der Waals surface area contributed by atoms with Crippen LogP contribution in [0.4, 0.5) is 0 Å². The Morgan fingerprint density at radius 3 is 2.25 bits per heavy atom. The van der Waals surface area contributed by atoms with Gasteiger partial charge >= 0.3 is 0 Å². The van der Waals surface area contributed by atoms with Crippen LogP contribution in [0.15, 0.2) is 4.99 Å². The maximum absolute atomic E-state index is 11.2. The van der Waals surface area contributed by atoms with Crippen molar-refractivity contribution in [3.8, 4) is 0 Å². The van der Waals surface area contributed by atoms with Crippen LogP contribution in [0.1, 0.15) is 41.0 Å². The van der Waals surface area contributed by atoms with Crippen LogP contribution in [0.25, 0.3) is 0 Å². The SMILES string of the molecule is CCNC(=NCC(C)(C)CCS(C)(=O)=O)NC(C)C.I. The van der Waals surface area contributed by atoms with E-state index in [-0.39, 0.29) is 35.1 Å². The van der Waals surface area contributed by atoms with Crippen molar-refractivity contribution in [2.24, 2.45) is 10.4 Å². The molecule has 0 rings (SSSR count). The zero-order valence-corrected chi connectivity index (χ0v) is 16.6. The molecule has 0 aliphatic heterocycles. The van der Waals surface area contributed by atoms with Crippen molar-refractivity contribution < 1.29 is 8.42 Å². The smallest absolute Gasteiger partial charge is 0.191 e. The maximum atomic E-state index is 11.2. The summed E-state index contributed by atoms with van der Waals surface area (Å²) in [4.78, 5) is 4.53. The number of sulfone groups is 1. The number of guanidine groups is 1. The topological polar surface area (TPSA) is 70.6 Å². The Morgan fingerprint density at radius 1 is 1.30 bits per heavy atom. The van der Waals surface area contributed by atoms with E-state index in [0.717, 1.165) is 12.5 Å². The van der Waals surface area contributed by atoms with E-state index in [4.69, 9.17) is 0 Å². The lowest BCUT2D eigenvalue weighted by Crippen LogP contribution is -2.41. The number of rotatable bonds is 7. The fraction of sp³-hybridized carbons (Fsp3) is 0.923. The van der Waals surface area contributed by atoms with Gasteiger partial charge in [0.15, 0.2) is 5.96 Å². The van der Waals surface area contributed by atoms with Gasteiger partial charge in [0.25, 0.3) is 0 Å². The van der Waals surface area contributed by atoms with E-state index in [0.29, 0.717) is 19.0 Å². The summed E-state index contributed by atoms with van der Waals surface area (Å²) < 4.78 is 22.4. The lowest BCUT2D eigenvalue weighted by Gasteiger charge is -2.23. The Hall–Kier alpha value is -0.0500. The summed E-state index contributed by atoms with van der Waals surface area (Å²) in [5.74, 6) is 0.994. The van der Waals surface area contributed by atoms with Crippen LogP contribution >= 0.6 is 24.0 Å². The van der Waals surface area contributed by atoms with Crippen LogP contribution in [0.3, 0.4) is 0 Å². The fourth-order valence-electron chi connectivity index (χ4n) is 1.43. The van der Waals surface area contributed by atoms with E-state index in [1.165, 1.54) is 6.26 Å². The van der Waals surface area contributed by atoms with Crippen molar-refractivity contribution in [1.29, 1.82) is 0 Å². The van der Waals surface area contributed by atoms with Gasteiger partial charge in [0.05, 0.1) is 5.75 Å². The molecule has 0 aromatic carbocycles. The van der Waals surface area contributed by atoms with E-state index >= 15 is 0 Å². The van der Waals surface area contributed by atoms with Crippen molar-refractivity contribution in [3.63, 3.8) is 0 Å². The zero-order valence-electron chi connectivity index (χ0n) is 13.5. The molecule has 0 amide bonds. The average molecular weight is 419 g/mol. The summed E-state index contributed by atoms with van der Waals surface area (Å²) in [6, 6.07) is 0.317. The third kappa shape index (κ3) is 13.0. The van der Waals surface area contributed by atoms with Crippen LogP contribution in [-0.4, -0.2) is 45.5 Å². The quantitative estimate of drug-likeness (QED) is 0.377. The molecule has 5 nitrogen and oxygen atoms in total. The first-order valence-corrected chi connectivity index (χ1v) is 8.84. The predicted molar refractivity (Wildman–Crippen MR) is 97.8 cm³/mol.